The van der Waals surface area contributed by atoms with Crippen molar-refractivity contribution in [2.24, 2.45) is 5.92 Å². The van der Waals surface area contributed by atoms with E-state index in [9.17, 15) is 14.0 Å². The summed E-state index contributed by atoms with van der Waals surface area (Å²) in [4.78, 5) is 31.9. The standard InChI is InChI=1S/C19H22FN3O2S/c1-12-13(2)26-17(22-12)9-21-19(25)15-6-7-18(24)23(11-15)10-14-4-3-5-16(20)8-14/h3-5,8,15H,6-7,9-11H2,1-2H3,(H,21,25)/t15-/m1/s1. The highest BCUT2D eigenvalue weighted by atomic mass is 32.1. The van der Waals surface area contributed by atoms with Gasteiger partial charge in [0.05, 0.1) is 18.2 Å². The predicted octanol–water partition coefficient (Wildman–Crippen LogP) is 2.95. The second-order valence-electron chi connectivity index (χ2n) is 6.61. The number of nitrogens with zero attached hydrogens (tertiary/aromatic N) is 2. The molecule has 1 aromatic carbocycles. The van der Waals surface area contributed by atoms with E-state index in [1.807, 2.05) is 13.8 Å². The van der Waals surface area contributed by atoms with E-state index < -0.39 is 0 Å². The van der Waals surface area contributed by atoms with Crippen LogP contribution in [-0.4, -0.2) is 28.2 Å². The lowest BCUT2D eigenvalue weighted by atomic mass is 9.96. The van der Waals surface area contributed by atoms with Gasteiger partial charge in [0.1, 0.15) is 10.8 Å². The van der Waals surface area contributed by atoms with Crippen molar-refractivity contribution in [1.82, 2.24) is 15.2 Å². The van der Waals surface area contributed by atoms with Gasteiger partial charge in [-0.05, 0) is 38.0 Å². The molecule has 0 aliphatic carbocycles. The molecular formula is C19H22FN3O2S. The van der Waals surface area contributed by atoms with Crippen LogP contribution in [0.3, 0.4) is 0 Å². The van der Waals surface area contributed by atoms with Crippen molar-refractivity contribution < 1.29 is 14.0 Å². The molecule has 1 atom stereocenters. The monoisotopic (exact) mass is 375 g/mol. The molecule has 3 rings (SSSR count). The zero-order chi connectivity index (χ0) is 18.7. The van der Waals surface area contributed by atoms with Crippen molar-refractivity contribution in [2.45, 2.75) is 39.8 Å². The summed E-state index contributed by atoms with van der Waals surface area (Å²) >= 11 is 1.58. The van der Waals surface area contributed by atoms with Gasteiger partial charge in [-0.15, -0.1) is 11.3 Å². The van der Waals surface area contributed by atoms with Crippen molar-refractivity contribution in [2.75, 3.05) is 6.54 Å². The number of halogens is 1. The van der Waals surface area contributed by atoms with Crippen LogP contribution in [0.1, 0.15) is 34.0 Å². The highest BCUT2D eigenvalue weighted by Crippen LogP contribution is 2.21. The van der Waals surface area contributed by atoms with Gasteiger partial charge in [0.25, 0.3) is 0 Å². The molecular weight excluding hydrogens is 353 g/mol. The summed E-state index contributed by atoms with van der Waals surface area (Å²) in [6.07, 6.45) is 0.878. The van der Waals surface area contributed by atoms with Crippen LogP contribution < -0.4 is 5.32 Å². The maximum Gasteiger partial charge on any atom is 0.225 e. The third-order valence-corrected chi connectivity index (χ3v) is 5.69. The van der Waals surface area contributed by atoms with Gasteiger partial charge < -0.3 is 10.2 Å². The molecule has 2 aromatic rings. The number of aryl methyl sites for hydroxylation is 2. The lowest BCUT2D eigenvalue weighted by Gasteiger charge is -2.32. The Morgan fingerprint density at radius 3 is 2.92 bits per heavy atom. The minimum absolute atomic E-state index is 0.00415. The fraction of sp³-hybridized carbons (Fsp3) is 0.421. The van der Waals surface area contributed by atoms with E-state index in [-0.39, 0.29) is 23.5 Å². The van der Waals surface area contributed by atoms with Gasteiger partial charge in [0, 0.05) is 24.4 Å². The lowest BCUT2D eigenvalue weighted by Crippen LogP contribution is -2.45. The van der Waals surface area contributed by atoms with Crippen molar-refractivity contribution in [3.63, 3.8) is 0 Å². The van der Waals surface area contributed by atoms with Crippen LogP contribution in [-0.2, 0) is 22.7 Å². The molecule has 7 heteroatoms. The Balaban J connectivity index is 1.58. The number of carbonyl (C=O) groups is 2. The minimum Gasteiger partial charge on any atom is -0.349 e. The van der Waals surface area contributed by atoms with Gasteiger partial charge in [0.15, 0.2) is 0 Å². The fourth-order valence-electron chi connectivity index (χ4n) is 3.06. The zero-order valence-electron chi connectivity index (χ0n) is 14.9. The van der Waals surface area contributed by atoms with Gasteiger partial charge in [-0.2, -0.15) is 0 Å². The summed E-state index contributed by atoms with van der Waals surface area (Å²) in [6.45, 7) is 5.05. The molecule has 0 saturated carbocycles. The molecule has 5 nitrogen and oxygen atoms in total. The molecule has 1 aromatic heterocycles. The second-order valence-corrected chi connectivity index (χ2v) is 7.89. The molecule has 26 heavy (non-hydrogen) atoms. The number of aromatic nitrogens is 1. The number of hydrogen-bond acceptors (Lipinski definition) is 4. The zero-order valence-corrected chi connectivity index (χ0v) is 15.7. The number of nitrogens with one attached hydrogen (secondary N) is 1. The van der Waals surface area contributed by atoms with Crippen LogP contribution in [0, 0.1) is 25.6 Å². The molecule has 1 N–H and O–H groups in total. The fourth-order valence-corrected chi connectivity index (χ4v) is 3.93. The molecule has 2 amide bonds. The SMILES string of the molecule is Cc1nc(CNC(=O)[C@@H]2CCC(=O)N(Cc3cccc(F)c3)C2)sc1C. The Kier molecular flexibility index (Phi) is 5.66. The van der Waals surface area contributed by atoms with Gasteiger partial charge in [-0.1, -0.05) is 12.1 Å². The number of likely N-dealkylation sites (tertiary alicyclic amines) is 1. The van der Waals surface area contributed by atoms with E-state index in [1.165, 1.54) is 12.1 Å². The molecule has 138 valence electrons. The predicted molar refractivity (Wildman–Crippen MR) is 98.0 cm³/mol. The number of thiazole rings is 1. The quantitative estimate of drug-likeness (QED) is 0.874. The molecule has 0 bridgehead atoms. The normalized spacial score (nSPS) is 17.4. The van der Waals surface area contributed by atoms with Crippen LogP contribution in [0.15, 0.2) is 24.3 Å². The summed E-state index contributed by atoms with van der Waals surface area (Å²) in [7, 11) is 0. The second kappa shape index (κ2) is 7.95. The first-order valence-electron chi connectivity index (χ1n) is 8.65. The largest absolute Gasteiger partial charge is 0.349 e. The Hall–Kier alpha value is -2.28. The Labute approximate surface area is 156 Å². The molecule has 1 aliphatic rings. The summed E-state index contributed by atoms with van der Waals surface area (Å²) in [5, 5.41) is 3.81. The highest BCUT2D eigenvalue weighted by Gasteiger charge is 2.30. The average Bonchev–Trinajstić information content (AvgIpc) is 2.93. The van der Waals surface area contributed by atoms with Crippen LogP contribution in [0.25, 0.3) is 0 Å². The van der Waals surface area contributed by atoms with E-state index in [1.54, 1.807) is 28.4 Å². The Bertz CT molecular complexity index is 801. The topological polar surface area (TPSA) is 62.3 Å². The minimum atomic E-state index is -0.324. The lowest BCUT2D eigenvalue weighted by molar-refractivity contribution is -0.139. The van der Waals surface area contributed by atoms with Crippen molar-refractivity contribution in [3.05, 3.63) is 51.2 Å². The van der Waals surface area contributed by atoms with Crippen molar-refractivity contribution in [3.8, 4) is 0 Å². The third kappa shape index (κ3) is 4.46. The van der Waals surface area contributed by atoms with Gasteiger partial charge in [-0.3, -0.25) is 9.59 Å². The maximum absolute atomic E-state index is 13.3. The van der Waals surface area contributed by atoms with E-state index >= 15 is 0 Å². The first kappa shape index (κ1) is 18.5. The number of benzene rings is 1. The van der Waals surface area contributed by atoms with Crippen LogP contribution in [0.2, 0.25) is 0 Å². The number of amides is 2. The van der Waals surface area contributed by atoms with E-state index in [4.69, 9.17) is 0 Å². The molecule has 0 spiro atoms. The average molecular weight is 375 g/mol. The number of hydrogen-bond donors (Lipinski definition) is 1. The molecule has 2 heterocycles. The smallest absolute Gasteiger partial charge is 0.225 e. The molecule has 1 aliphatic heterocycles. The first-order valence-corrected chi connectivity index (χ1v) is 9.47. The van der Waals surface area contributed by atoms with Crippen molar-refractivity contribution in [1.29, 1.82) is 0 Å². The maximum atomic E-state index is 13.3. The first-order chi connectivity index (χ1) is 12.4. The summed E-state index contributed by atoms with van der Waals surface area (Å²) in [5.41, 5.74) is 1.72. The van der Waals surface area contributed by atoms with Gasteiger partial charge >= 0.3 is 0 Å². The van der Waals surface area contributed by atoms with Gasteiger partial charge in [-0.25, -0.2) is 9.37 Å². The molecule has 1 saturated heterocycles. The van der Waals surface area contributed by atoms with E-state index in [0.717, 1.165) is 21.1 Å². The number of carbonyl (C=O) groups excluding carboxylic acids is 2. The Morgan fingerprint density at radius 1 is 1.42 bits per heavy atom. The highest BCUT2D eigenvalue weighted by molar-refractivity contribution is 7.11. The van der Waals surface area contributed by atoms with Crippen molar-refractivity contribution >= 4 is 23.2 Å². The molecule has 0 unspecified atom stereocenters. The van der Waals surface area contributed by atoms with Gasteiger partial charge in [0.2, 0.25) is 11.8 Å². The van der Waals surface area contributed by atoms with Crippen LogP contribution in [0.5, 0.6) is 0 Å². The molecule has 0 radical (unpaired) electrons. The summed E-state index contributed by atoms with van der Waals surface area (Å²) < 4.78 is 13.3. The van der Waals surface area contributed by atoms with Crippen LogP contribution in [0.4, 0.5) is 4.39 Å². The Morgan fingerprint density at radius 2 is 2.23 bits per heavy atom. The summed E-state index contributed by atoms with van der Waals surface area (Å²) in [5.74, 6) is -0.629. The molecule has 1 fully saturated rings. The summed E-state index contributed by atoms with van der Waals surface area (Å²) in [6, 6.07) is 6.21. The number of rotatable bonds is 5. The number of piperidine rings is 1. The van der Waals surface area contributed by atoms with E-state index in [0.29, 0.717) is 32.5 Å². The van der Waals surface area contributed by atoms with E-state index in [2.05, 4.69) is 10.3 Å². The van der Waals surface area contributed by atoms with Crippen LogP contribution >= 0.6 is 11.3 Å². The third-order valence-electron chi connectivity index (χ3n) is 4.62.